The summed E-state index contributed by atoms with van der Waals surface area (Å²) in [4.78, 5) is 14.9. The lowest BCUT2D eigenvalue weighted by Gasteiger charge is -2.02. The zero-order chi connectivity index (χ0) is 9.68. The quantitative estimate of drug-likeness (QED) is 0.549. The molecule has 13 heavy (non-hydrogen) atoms. The lowest BCUT2D eigenvalue weighted by atomic mass is 10.3. The Morgan fingerprint density at radius 2 is 2.46 bits per heavy atom. The molecule has 0 atom stereocenters. The van der Waals surface area contributed by atoms with Crippen LogP contribution < -0.4 is 4.74 Å². The molecule has 70 valence electrons. The molecule has 0 saturated carbocycles. The van der Waals surface area contributed by atoms with Gasteiger partial charge in [0.1, 0.15) is 0 Å². The van der Waals surface area contributed by atoms with Gasteiger partial charge in [0.15, 0.2) is 6.07 Å². The molecule has 0 spiro atoms. The molecule has 1 rings (SSSR count). The fraction of sp³-hybridized carbons (Fsp3) is 0.250. The first-order valence-corrected chi connectivity index (χ1v) is 4.04. The number of ether oxygens (including phenoxy) is 2. The highest BCUT2D eigenvalue weighted by Gasteiger charge is 2.06. The maximum Gasteiger partial charge on any atom is 0.338 e. The number of alkyl halides is 1. The summed E-state index contributed by atoms with van der Waals surface area (Å²) in [6.45, 7) is 0. The highest BCUT2D eigenvalue weighted by molar-refractivity contribution is 6.17. The second kappa shape index (κ2) is 4.67. The van der Waals surface area contributed by atoms with E-state index >= 15 is 0 Å². The second-order valence-corrected chi connectivity index (χ2v) is 2.35. The van der Waals surface area contributed by atoms with Gasteiger partial charge in [-0.1, -0.05) is 11.6 Å². The van der Waals surface area contributed by atoms with E-state index in [9.17, 15) is 4.79 Å². The molecule has 5 heteroatoms. The summed E-state index contributed by atoms with van der Waals surface area (Å²) in [5.41, 5.74) is 0.387. The van der Waals surface area contributed by atoms with Crippen molar-refractivity contribution in [1.29, 1.82) is 0 Å². The van der Waals surface area contributed by atoms with E-state index in [0.29, 0.717) is 11.4 Å². The highest BCUT2D eigenvalue weighted by Crippen LogP contribution is 2.10. The van der Waals surface area contributed by atoms with Crippen LogP contribution in [0.4, 0.5) is 0 Å². The average Bonchev–Trinajstić information content (AvgIpc) is 2.18. The van der Waals surface area contributed by atoms with Crippen molar-refractivity contribution < 1.29 is 14.3 Å². The summed E-state index contributed by atoms with van der Waals surface area (Å²) in [5.74, 6) is -0.125. The summed E-state index contributed by atoms with van der Waals surface area (Å²) in [7, 11) is 1.31. The zero-order valence-corrected chi connectivity index (χ0v) is 7.75. The van der Waals surface area contributed by atoms with Crippen LogP contribution in [0.2, 0.25) is 0 Å². The van der Waals surface area contributed by atoms with Crippen molar-refractivity contribution in [1.82, 2.24) is 4.98 Å². The largest absolute Gasteiger partial charge is 0.465 e. The number of methoxy groups -OCH3 is 1. The van der Waals surface area contributed by atoms with Crippen molar-refractivity contribution in [2.24, 2.45) is 0 Å². The predicted molar refractivity (Wildman–Crippen MR) is 46.9 cm³/mol. The topological polar surface area (TPSA) is 48.4 Å². The molecule has 1 heterocycles. The van der Waals surface area contributed by atoms with Crippen LogP contribution in [-0.4, -0.2) is 24.1 Å². The van der Waals surface area contributed by atoms with E-state index in [1.54, 1.807) is 0 Å². The predicted octanol–water partition coefficient (Wildman–Crippen LogP) is 1.44. The number of pyridine rings is 1. The maximum atomic E-state index is 11.0. The molecule has 1 aromatic rings. The van der Waals surface area contributed by atoms with Gasteiger partial charge in [0.2, 0.25) is 5.88 Å². The van der Waals surface area contributed by atoms with Crippen molar-refractivity contribution in [2.45, 2.75) is 0 Å². The molecule has 0 aromatic carbocycles. The lowest BCUT2D eigenvalue weighted by molar-refractivity contribution is 0.0600. The second-order valence-electron chi connectivity index (χ2n) is 2.13. The normalized spacial score (nSPS) is 9.38. The fourth-order valence-electron chi connectivity index (χ4n) is 0.789. The third-order valence-electron chi connectivity index (χ3n) is 1.36. The Morgan fingerprint density at radius 1 is 1.69 bits per heavy atom. The smallest absolute Gasteiger partial charge is 0.338 e. The van der Waals surface area contributed by atoms with Crippen molar-refractivity contribution in [3.8, 4) is 5.88 Å². The first kappa shape index (κ1) is 9.80. The van der Waals surface area contributed by atoms with E-state index in [-0.39, 0.29) is 6.07 Å². The SMILES string of the molecule is COC(=O)c1ccnc(OCCl)c1. The molecule has 0 N–H and O–H groups in total. The Labute approximate surface area is 80.4 Å². The van der Waals surface area contributed by atoms with Crippen molar-refractivity contribution in [2.75, 3.05) is 13.2 Å². The van der Waals surface area contributed by atoms with Crippen molar-refractivity contribution >= 4 is 17.6 Å². The van der Waals surface area contributed by atoms with Crippen LogP contribution in [0.15, 0.2) is 18.3 Å². The molecule has 0 radical (unpaired) electrons. The van der Waals surface area contributed by atoms with E-state index < -0.39 is 5.97 Å². The number of rotatable bonds is 3. The summed E-state index contributed by atoms with van der Waals surface area (Å²) >= 11 is 5.32. The van der Waals surface area contributed by atoms with E-state index in [2.05, 4.69) is 9.72 Å². The van der Waals surface area contributed by atoms with Crippen molar-refractivity contribution in [3.63, 3.8) is 0 Å². The standard InChI is InChI=1S/C8H8ClNO3/c1-12-8(11)6-2-3-10-7(4-6)13-5-9/h2-4H,5H2,1H3. The van der Waals surface area contributed by atoms with Crippen LogP contribution in [0.25, 0.3) is 0 Å². The van der Waals surface area contributed by atoms with E-state index in [4.69, 9.17) is 16.3 Å². The van der Waals surface area contributed by atoms with Gasteiger partial charge in [0.25, 0.3) is 0 Å². The third kappa shape index (κ3) is 2.59. The van der Waals surface area contributed by atoms with Crippen LogP contribution in [0.5, 0.6) is 5.88 Å². The molecule has 0 amide bonds. The molecule has 4 nitrogen and oxygen atoms in total. The van der Waals surface area contributed by atoms with E-state index in [0.717, 1.165) is 0 Å². The third-order valence-corrected chi connectivity index (χ3v) is 1.47. The Kier molecular flexibility index (Phi) is 3.52. The molecule has 0 saturated heterocycles. The number of halogens is 1. The number of hydrogen-bond acceptors (Lipinski definition) is 4. The fourth-order valence-corrected chi connectivity index (χ4v) is 0.901. The van der Waals surface area contributed by atoms with Crippen LogP contribution in [0, 0.1) is 0 Å². The summed E-state index contributed by atoms with van der Waals surface area (Å²) in [6.07, 6.45) is 1.45. The Balaban J connectivity index is 2.85. The minimum atomic E-state index is -0.429. The van der Waals surface area contributed by atoms with E-state index in [1.807, 2.05) is 0 Å². The number of nitrogens with zero attached hydrogens (tertiary/aromatic N) is 1. The minimum absolute atomic E-state index is 0.00236. The first-order valence-electron chi connectivity index (χ1n) is 3.51. The van der Waals surface area contributed by atoms with Crippen molar-refractivity contribution in [3.05, 3.63) is 23.9 Å². The van der Waals surface area contributed by atoms with Gasteiger partial charge in [-0.3, -0.25) is 0 Å². The van der Waals surface area contributed by atoms with Crippen LogP contribution in [0.3, 0.4) is 0 Å². The van der Waals surface area contributed by atoms with Gasteiger partial charge >= 0.3 is 5.97 Å². The van der Waals surface area contributed by atoms with Crippen LogP contribution >= 0.6 is 11.6 Å². The average molecular weight is 202 g/mol. The monoisotopic (exact) mass is 201 g/mol. The zero-order valence-electron chi connectivity index (χ0n) is 6.99. The molecule has 0 bridgehead atoms. The van der Waals surface area contributed by atoms with Gasteiger partial charge in [-0.25, -0.2) is 9.78 Å². The lowest BCUT2D eigenvalue weighted by Crippen LogP contribution is -2.02. The number of aromatic nitrogens is 1. The van der Waals surface area contributed by atoms with Gasteiger partial charge in [0.05, 0.1) is 12.7 Å². The van der Waals surface area contributed by atoms with Gasteiger partial charge in [-0.05, 0) is 6.07 Å². The Morgan fingerprint density at radius 3 is 3.08 bits per heavy atom. The Hall–Kier alpha value is -1.29. The van der Waals surface area contributed by atoms with Gasteiger partial charge in [0, 0.05) is 12.3 Å². The minimum Gasteiger partial charge on any atom is -0.465 e. The van der Waals surface area contributed by atoms with Gasteiger partial charge < -0.3 is 9.47 Å². The molecule has 0 aliphatic carbocycles. The highest BCUT2D eigenvalue weighted by atomic mass is 35.5. The summed E-state index contributed by atoms with van der Waals surface area (Å²) in [6, 6.07) is 3.00. The van der Waals surface area contributed by atoms with Crippen LogP contribution in [0.1, 0.15) is 10.4 Å². The maximum absolute atomic E-state index is 11.0. The molecular weight excluding hydrogens is 194 g/mol. The number of esters is 1. The van der Waals surface area contributed by atoms with Gasteiger partial charge in [-0.15, -0.1) is 0 Å². The van der Waals surface area contributed by atoms with Crippen LogP contribution in [-0.2, 0) is 4.74 Å². The molecule has 0 fully saturated rings. The number of carbonyl (C=O) groups is 1. The van der Waals surface area contributed by atoms with Gasteiger partial charge in [-0.2, -0.15) is 0 Å². The molecule has 0 aliphatic rings. The van der Waals surface area contributed by atoms with E-state index in [1.165, 1.54) is 25.4 Å². The summed E-state index contributed by atoms with van der Waals surface area (Å²) < 4.78 is 9.40. The molecule has 0 unspecified atom stereocenters. The molecule has 0 aliphatic heterocycles. The Bertz CT molecular complexity index is 303. The number of hydrogen-bond donors (Lipinski definition) is 0. The summed E-state index contributed by atoms with van der Waals surface area (Å²) in [5, 5.41) is 0. The number of carbonyl (C=O) groups excluding carboxylic acids is 1. The molecular formula is C8H8ClNO3. The molecule has 1 aromatic heterocycles. The first-order chi connectivity index (χ1) is 6.27.